The fraction of sp³-hybridized carbons (Fsp3) is 0.235. The third kappa shape index (κ3) is 5.20. The standard InChI is InChI=1S/C17H20N2O3/c18-15(11-20)10-13-6-8-16(9-7-13)19-17(21)22-12-14-4-2-1-3-5-14/h1-9,15,20H,10-12,18H2,(H,19,21)/t15-/m0/s1. The number of nitrogens with one attached hydrogen (secondary N) is 1. The van der Waals surface area contributed by atoms with Gasteiger partial charge in [-0.25, -0.2) is 4.79 Å². The number of aliphatic hydroxyl groups excluding tert-OH is 1. The van der Waals surface area contributed by atoms with E-state index in [0.29, 0.717) is 12.1 Å². The molecule has 1 amide bonds. The molecule has 0 unspecified atom stereocenters. The number of anilines is 1. The Morgan fingerprint density at radius 1 is 1.09 bits per heavy atom. The lowest BCUT2D eigenvalue weighted by atomic mass is 10.1. The van der Waals surface area contributed by atoms with Crippen LogP contribution in [0.25, 0.3) is 0 Å². The molecule has 0 bridgehead atoms. The first-order valence-electron chi connectivity index (χ1n) is 7.10. The number of carbonyl (C=O) groups excluding carboxylic acids is 1. The molecule has 1 atom stereocenters. The van der Waals surface area contributed by atoms with Crippen LogP contribution in [0.3, 0.4) is 0 Å². The Hall–Kier alpha value is -2.37. The summed E-state index contributed by atoms with van der Waals surface area (Å²) in [6.45, 7) is 0.182. The van der Waals surface area contributed by atoms with Crippen molar-refractivity contribution in [1.82, 2.24) is 0 Å². The van der Waals surface area contributed by atoms with Gasteiger partial charge in [-0.1, -0.05) is 42.5 Å². The number of rotatable bonds is 6. The van der Waals surface area contributed by atoms with Crippen molar-refractivity contribution in [3.63, 3.8) is 0 Å². The van der Waals surface area contributed by atoms with Gasteiger partial charge in [0.1, 0.15) is 6.61 Å². The van der Waals surface area contributed by atoms with Crippen molar-refractivity contribution >= 4 is 11.8 Å². The van der Waals surface area contributed by atoms with Crippen LogP contribution in [0.2, 0.25) is 0 Å². The molecule has 4 N–H and O–H groups in total. The first-order valence-corrected chi connectivity index (χ1v) is 7.10. The number of amides is 1. The minimum Gasteiger partial charge on any atom is -0.444 e. The van der Waals surface area contributed by atoms with Gasteiger partial charge < -0.3 is 15.6 Å². The molecule has 5 nitrogen and oxygen atoms in total. The fourth-order valence-electron chi connectivity index (χ4n) is 1.97. The van der Waals surface area contributed by atoms with E-state index in [9.17, 15) is 4.79 Å². The number of ether oxygens (including phenoxy) is 1. The van der Waals surface area contributed by atoms with Crippen molar-refractivity contribution in [3.05, 3.63) is 65.7 Å². The lowest BCUT2D eigenvalue weighted by Gasteiger charge is -2.10. The van der Waals surface area contributed by atoms with Crippen LogP contribution in [0, 0.1) is 0 Å². The van der Waals surface area contributed by atoms with E-state index in [2.05, 4.69) is 5.32 Å². The monoisotopic (exact) mass is 300 g/mol. The van der Waals surface area contributed by atoms with Crippen LogP contribution in [0.5, 0.6) is 0 Å². The van der Waals surface area contributed by atoms with Gasteiger partial charge in [-0.05, 0) is 29.7 Å². The number of benzene rings is 2. The first-order chi connectivity index (χ1) is 10.7. The van der Waals surface area contributed by atoms with Crippen molar-refractivity contribution in [3.8, 4) is 0 Å². The Labute approximate surface area is 129 Å². The predicted molar refractivity (Wildman–Crippen MR) is 85.5 cm³/mol. The van der Waals surface area contributed by atoms with E-state index in [1.165, 1.54) is 0 Å². The molecule has 0 aliphatic rings. The molecule has 0 aliphatic heterocycles. The minimum absolute atomic E-state index is 0.0498. The van der Waals surface area contributed by atoms with Gasteiger partial charge in [0.15, 0.2) is 0 Å². The molecule has 0 saturated carbocycles. The van der Waals surface area contributed by atoms with Gasteiger partial charge in [0.25, 0.3) is 0 Å². The van der Waals surface area contributed by atoms with Gasteiger partial charge in [-0.15, -0.1) is 0 Å². The van der Waals surface area contributed by atoms with Crippen LogP contribution >= 0.6 is 0 Å². The molecule has 22 heavy (non-hydrogen) atoms. The zero-order valence-electron chi connectivity index (χ0n) is 12.2. The summed E-state index contributed by atoms with van der Waals surface area (Å²) in [5, 5.41) is 11.6. The van der Waals surface area contributed by atoms with Gasteiger partial charge in [0, 0.05) is 11.7 Å². The summed E-state index contributed by atoms with van der Waals surface area (Å²) < 4.78 is 5.14. The summed E-state index contributed by atoms with van der Waals surface area (Å²) in [6.07, 6.45) is 0.0959. The van der Waals surface area contributed by atoms with Crippen molar-refractivity contribution in [2.45, 2.75) is 19.1 Å². The second-order valence-electron chi connectivity index (χ2n) is 5.03. The summed E-state index contributed by atoms with van der Waals surface area (Å²) in [5.41, 5.74) is 8.27. The molecule has 0 saturated heterocycles. The predicted octanol–water partition coefficient (Wildman–Crippen LogP) is 2.30. The highest BCUT2D eigenvalue weighted by molar-refractivity contribution is 5.84. The highest BCUT2D eigenvalue weighted by Gasteiger charge is 2.05. The third-order valence-electron chi connectivity index (χ3n) is 3.15. The lowest BCUT2D eigenvalue weighted by Crippen LogP contribution is -2.26. The van der Waals surface area contributed by atoms with E-state index >= 15 is 0 Å². The normalized spacial score (nSPS) is 11.7. The molecule has 0 aliphatic carbocycles. The highest BCUT2D eigenvalue weighted by atomic mass is 16.5. The van der Waals surface area contributed by atoms with E-state index in [1.807, 2.05) is 42.5 Å². The molecule has 0 fully saturated rings. The quantitative estimate of drug-likeness (QED) is 0.764. The summed E-state index contributed by atoms with van der Waals surface area (Å²) >= 11 is 0. The molecule has 0 spiro atoms. The smallest absolute Gasteiger partial charge is 0.411 e. The van der Waals surface area contributed by atoms with E-state index in [0.717, 1.165) is 11.1 Å². The maximum absolute atomic E-state index is 11.7. The molecule has 5 heteroatoms. The van der Waals surface area contributed by atoms with Gasteiger partial charge in [0.05, 0.1) is 6.61 Å². The zero-order chi connectivity index (χ0) is 15.8. The van der Waals surface area contributed by atoms with Gasteiger partial charge in [-0.2, -0.15) is 0 Å². The molecular weight excluding hydrogens is 280 g/mol. The Morgan fingerprint density at radius 3 is 2.41 bits per heavy atom. The fourth-order valence-corrected chi connectivity index (χ4v) is 1.97. The maximum atomic E-state index is 11.7. The summed E-state index contributed by atoms with van der Waals surface area (Å²) in [7, 11) is 0. The molecule has 2 aromatic rings. The van der Waals surface area contributed by atoms with E-state index < -0.39 is 6.09 Å². The third-order valence-corrected chi connectivity index (χ3v) is 3.15. The van der Waals surface area contributed by atoms with E-state index in [4.69, 9.17) is 15.6 Å². The number of aliphatic hydroxyl groups is 1. The Balaban J connectivity index is 1.81. The van der Waals surface area contributed by atoms with Gasteiger partial charge >= 0.3 is 6.09 Å². The molecular formula is C17H20N2O3. The van der Waals surface area contributed by atoms with E-state index in [-0.39, 0.29) is 19.3 Å². The molecule has 116 valence electrons. The highest BCUT2D eigenvalue weighted by Crippen LogP contribution is 2.11. The van der Waals surface area contributed by atoms with E-state index in [1.54, 1.807) is 12.1 Å². The van der Waals surface area contributed by atoms with Crippen LogP contribution in [0.15, 0.2) is 54.6 Å². The Morgan fingerprint density at radius 2 is 1.77 bits per heavy atom. The second kappa shape index (κ2) is 8.17. The minimum atomic E-state index is -0.497. The van der Waals surface area contributed by atoms with Gasteiger partial charge in [-0.3, -0.25) is 5.32 Å². The number of hydrogen-bond donors (Lipinski definition) is 3. The first kappa shape index (κ1) is 16.0. The topological polar surface area (TPSA) is 84.6 Å². The average Bonchev–Trinajstić information content (AvgIpc) is 2.55. The SMILES string of the molecule is N[C@H](CO)Cc1ccc(NC(=O)OCc2ccccc2)cc1. The van der Waals surface area contributed by atoms with Gasteiger partial charge in [0.2, 0.25) is 0 Å². The van der Waals surface area contributed by atoms with Crippen molar-refractivity contribution in [2.75, 3.05) is 11.9 Å². The van der Waals surface area contributed by atoms with Crippen LogP contribution in [-0.4, -0.2) is 23.8 Å². The number of hydrogen-bond acceptors (Lipinski definition) is 4. The summed E-state index contributed by atoms with van der Waals surface area (Å²) in [6, 6.07) is 16.5. The summed E-state index contributed by atoms with van der Waals surface area (Å²) in [4.78, 5) is 11.7. The zero-order valence-corrected chi connectivity index (χ0v) is 12.2. The largest absolute Gasteiger partial charge is 0.444 e. The number of nitrogens with two attached hydrogens (primary N) is 1. The summed E-state index contributed by atoms with van der Waals surface area (Å²) in [5.74, 6) is 0. The molecule has 0 heterocycles. The maximum Gasteiger partial charge on any atom is 0.411 e. The molecule has 0 radical (unpaired) electrons. The van der Waals surface area contributed by atoms with Crippen LogP contribution < -0.4 is 11.1 Å². The number of carbonyl (C=O) groups is 1. The van der Waals surface area contributed by atoms with Crippen LogP contribution in [0.1, 0.15) is 11.1 Å². The Kier molecular flexibility index (Phi) is 5.94. The van der Waals surface area contributed by atoms with Crippen molar-refractivity contribution < 1.29 is 14.6 Å². The molecule has 0 aromatic heterocycles. The van der Waals surface area contributed by atoms with Crippen molar-refractivity contribution in [1.29, 1.82) is 0 Å². The van der Waals surface area contributed by atoms with Crippen LogP contribution in [-0.2, 0) is 17.8 Å². The van der Waals surface area contributed by atoms with Crippen molar-refractivity contribution in [2.24, 2.45) is 5.73 Å². The lowest BCUT2D eigenvalue weighted by molar-refractivity contribution is 0.155. The van der Waals surface area contributed by atoms with Crippen LogP contribution in [0.4, 0.5) is 10.5 Å². The second-order valence-corrected chi connectivity index (χ2v) is 5.03. The Bertz CT molecular complexity index is 585. The molecule has 2 rings (SSSR count). The molecule has 2 aromatic carbocycles. The average molecular weight is 300 g/mol.